The molecule has 2 aromatic carbocycles. The van der Waals surface area contributed by atoms with Crippen LogP contribution in [-0.4, -0.2) is 34.2 Å². The molecule has 0 aliphatic heterocycles. The minimum atomic E-state index is -0.571. The van der Waals surface area contributed by atoms with Gasteiger partial charge in [-0.05, 0) is 49.4 Å². The number of methoxy groups -OCH3 is 1. The number of nitrogens with zero attached hydrogens (tertiary/aromatic N) is 3. The maximum atomic E-state index is 13.4. The molecule has 176 valence electrons. The van der Waals surface area contributed by atoms with Crippen LogP contribution in [0.1, 0.15) is 24.6 Å². The van der Waals surface area contributed by atoms with Gasteiger partial charge in [0, 0.05) is 17.8 Å². The Bertz CT molecular complexity index is 1340. The number of furan rings is 1. The van der Waals surface area contributed by atoms with Gasteiger partial charge < -0.3 is 19.4 Å². The first-order valence-corrected chi connectivity index (χ1v) is 11.2. The Morgan fingerprint density at radius 2 is 2.03 bits per heavy atom. The van der Waals surface area contributed by atoms with Crippen molar-refractivity contribution < 1.29 is 13.9 Å². The molecule has 0 bridgehead atoms. The number of hydrogen-bond donors (Lipinski definition) is 1. The van der Waals surface area contributed by atoms with Crippen LogP contribution in [-0.2, 0) is 17.8 Å². The standard InChI is InChI=1S/C25H25ClN4O4/c1-17(23-28-22-11-4-3-10-21(22)24(31)29(23)12-14-33-2)30(16-20-9-6-13-34-20)25(32)27-19-8-5-7-18(26)15-19/h3-11,13,15,17H,12,14,16H2,1-2H3,(H,27,32). The molecule has 0 saturated carbocycles. The zero-order chi connectivity index (χ0) is 24.1. The van der Waals surface area contributed by atoms with E-state index in [4.69, 9.17) is 25.7 Å². The number of fused-ring (bicyclic) bond motifs is 1. The van der Waals surface area contributed by atoms with Crippen LogP contribution >= 0.6 is 11.6 Å². The van der Waals surface area contributed by atoms with E-state index in [-0.39, 0.29) is 18.1 Å². The largest absolute Gasteiger partial charge is 0.467 e. The van der Waals surface area contributed by atoms with Gasteiger partial charge in [0.25, 0.3) is 5.56 Å². The van der Waals surface area contributed by atoms with Crippen LogP contribution < -0.4 is 10.9 Å². The van der Waals surface area contributed by atoms with Crippen molar-refractivity contribution >= 4 is 34.2 Å². The zero-order valence-electron chi connectivity index (χ0n) is 18.9. The van der Waals surface area contributed by atoms with Gasteiger partial charge in [-0.15, -0.1) is 0 Å². The van der Waals surface area contributed by atoms with Gasteiger partial charge in [0.2, 0.25) is 0 Å². The van der Waals surface area contributed by atoms with Crippen LogP contribution in [0.25, 0.3) is 10.9 Å². The van der Waals surface area contributed by atoms with Crippen LogP contribution in [0, 0.1) is 0 Å². The monoisotopic (exact) mass is 480 g/mol. The lowest BCUT2D eigenvalue weighted by molar-refractivity contribution is 0.168. The van der Waals surface area contributed by atoms with Gasteiger partial charge in [-0.1, -0.05) is 29.8 Å². The summed E-state index contributed by atoms with van der Waals surface area (Å²) < 4.78 is 12.3. The number of carbonyl (C=O) groups excluding carboxylic acids is 1. The van der Waals surface area contributed by atoms with Crippen molar-refractivity contribution in [1.29, 1.82) is 0 Å². The number of amides is 2. The van der Waals surface area contributed by atoms with Crippen molar-refractivity contribution in [2.45, 2.75) is 26.1 Å². The number of urea groups is 1. The van der Waals surface area contributed by atoms with Gasteiger partial charge in [-0.2, -0.15) is 0 Å². The third-order valence-electron chi connectivity index (χ3n) is 5.49. The molecule has 8 nitrogen and oxygen atoms in total. The Morgan fingerprint density at radius 1 is 1.21 bits per heavy atom. The van der Waals surface area contributed by atoms with Gasteiger partial charge in [0.1, 0.15) is 11.6 Å². The van der Waals surface area contributed by atoms with E-state index in [1.807, 2.05) is 13.0 Å². The first-order chi connectivity index (χ1) is 16.5. The summed E-state index contributed by atoms with van der Waals surface area (Å²) in [4.78, 5) is 33.1. The minimum Gasteiger partial charge on any atom is -0.467 e. The molecule has 2 aromatic heterocycles. The molecule has 0 aliphatic carbocycles. The summed E-state index contributed by atoms with van der Waals surface area (Å²) in [6.07, 6.45) is 1.55. The molecular formula is C25H25ClN4O4. The fraction of sp³-hybridized carbons (Fsp3) is 0.240. The molecule has 34 heavy (non-hydrogen) atoms. The Balaban J connectivity index is 1.76. The lowest BCUT2D eigenvalue weighted by Crippen LogP contribution is -2.40. The van der Waals surface area contributed by atoms with Crippen LogP contribution in [0.4, 0.5) is 10.5 Å². The first-order valence-electron chi connectivity index (χ1n) is 10.8. The van der Waals surface area contributed by atoms with E-state index in [0.717, 1.165) is 0 Å². The number of aromatic nitrogens is 2. The van der Waals surface area contributed by atoms with E-state index in [1.54, 1.807) is 77.4 Å². The number of para-hydroxylation sites is 1. The second-order valence-electron chi connectivity index (χ2n) is 7.76. The third-order valence-corrected chi connectivity index (χ3v) is 5.73. The van der Waals surface area contributed by atoms with Crippen molar-refractivity contribution in [2.75, 3.05) is 19.0 Å². The first kappa shape index (κ1) is 23.5. The number of ether oxygens (including phenoxy) is 1. The van der Waals surface area contributed by atoms with Crippen molar-refractivity contribution in [1.82, 2.24) is 14.5 Å². The van der Waals surface area contributed by atoms with E-state index in [2.05, 4.69) is 5.32 Å². The number of carbonyl (C=O) groups is 1. The van der Waals surface area contributed by atoms with E-state index in [1.165, 1.54) is 0 Å². The Kier molecular flexibility index (Phi) is 7.30. The molecule has 4 aromatic rings. The lowest BCUT2D eigenvalue weighted by Gasteiger charge is -2.30. The van der Waals surface area contributed by atoms with Crippen molar-refractivity contribution in [3.05, 3.63) is 93.9 Å². The predicted molar refractivity (Wildman–Crippen MR) is 131 cm³/mol. The van der Waals surface area contributed by atoms with Crippen molar-refractivity contribution in [3.8, 4) is 0 Å². The van der Waals surface area contributed by atoms with Crippen molar-refractivity contribution in [3.63, 3.8) is 0 Å². The summed E-state index contributed by atoms with van der Waals surface area (Å²) in [5, 5.41) is 3.90. The fourth-order valence-electron chi connectivity index (χ4n) is 3.76. The molecule has 1 N–H and O–H groups in total. The molecule has 0 aliphatic rings. The van der Waals surface area contributed by atoms with Crippen LogP contribution in [0.2, 0.25) is 5.02 Å². The van der Waals surface area contributed by atoms with Crippen LogP contribution in [0.15, 0.2) is 76.1 Å². The number of benzene rings is 2. The molecule has 2 heterocycles. The smallest absolute Gasteiger partial charge is 0.322 e. The summed E-state index contributed by atoms with van der Waals surface area (Å²) in [6.45, 7) is 2.64. The number of rotatable bonds is 8. The number of hydrogen-bond acceptors (Lipinski definition) is 5. The topological polar surface area (TPSA) is 89.6 Å². The van der Waals surface area contributed by atoms with Crippen LogP contribution in [0.3, 0.4) is 0 Å². The third kappa shape index (κ3) is 5.13. The average Bonchev–Trinajstić information content (AvgIpc) is 3.35. The molecule has 0 radical (unpaired) electrons. The van der Waals surface area contributed by atoms with Crippen molar-refractivity contribution in [2.24, 2.45) is 0 Å². The lowest BCUT2D eigenvalue weighted by atomic mass is 10.2. The second-order valence-corrected chi connectivity index (χ2v) is 8.20. The Hall–Kier alpha value is -3.62. The van der Waals surface area contributed by atoms with Gasteiger partial charge in [0.05, 0.1) is 42.9 Å². The summed E-state index contributed by atoms with van der Waals surface area (Å²) in [5.74, 6) is 1.05. The molecule has 0 spiro atoms. The van der Waals surface area contributed by atoms with Gasteiger partial charge >= 0.3 is 6.03 Å². The summed E-state index contributed by atoms with van der Waals surface area (Å²) >= 11 is 6.08. The SMILES string of the molecule is COCCn1c(C(C)N(Cc2ccco2)C(=O)Nc2cccc(Cl)c2)nc2ccccc2c1=O. The van der Waals surface area contributed by atoms with Gasteiger partial charge in [0.15, 0.2) is 0 Å². The highest BCUT2D eigenvalue weighted by molar-refractivity contribution is 6.30. The number of anilines is 1. The fourth-order valence-corrected chi connectivity index (χ4v) is 3.95. The molecule has 0 saturated heterocycles. The van der Waals surface area contributed by atoms with Crippen LogP contribution in [0.5, 0.6) is 0 Å². The molecular weight excluding hydrogens is 456 g/mol. The Labute approximate surface area is 201 Å². The minimum absolute atomic E-state index is 0.174. The summed E-state index contributed by atoms with van der Waals surface area (Å²) in [5.41, 5.74) is 0.936. The predicted octanol–water partition coefficient (Wildman–Crippen LogP) is 5.08. The maximum absolute atomic E-state index is 13.4. The molecule has 1 unspecified atom stereocenters. The maximum Gasteiger partial charge on any atom is 0.322 e. The highest BCUT2D eigenvalue weighted by atomic mass is 35.5. The average molecular weight is 481 g/mol. The van der Waals surface area contributed by atoms with Gasteiger partial charge in [-0.3, -0.25) is 9.36 Å². The molecule has 4 rings (SSSR count). The highest BCUT2D eigenvalue weighted by Gasteiger charge is 2.27. The van der Waals surface area contributed by atoms with Gasteiger partial charge in [-0.25, -0.2) is 9.78 Å². The van der Waals surface area contributed by atoms with E-state index < -0.39 is 6.04 Å². The highest BCUT2D eigenvalue weighted by Crippen LogP contribution is 2.24. The van der Waals surface area contributed by atoms with E-state index >= 15 is 0 Å². The quantitative estimate of drug-likeness (QED) is 0.379. The van der Waals surface area contributed by atoms with E-state index in [0.29, 0.717) is 46.3 Å². The zero-order valence-corrected chi connectivity index (χ0v) is 19.7. The number of halogens is 1. The molecule has 0 fully saturated rings. The normalized spacial score (nSPS) is 12.0. The number of nitrogens with one attached hydrogen (secondary N) is 1. The Morgan fingerprint density at radius 3 is 2.76 bits per heavy atom. The summed E-state index contributed by atoms with van der Waals surface area (Å²) in [7, 11) is 1.57. The van der Waals surface area contributed by atoms with E-state index in [9.17, 15) is 9.59 Å². The molecule has 1 atom stereocenters. The molecule has 2 amide bonds. The second kappa shape index (κ2) is 10.5. The summed E-state index contributed by atoms with van der Waals surface area (Å²) in [6, 6.07) is 16.7. The molecule has 9 heteroatoms.